The Morgan fingerprint density at radius 2 is 1.80 bits per heavy atom. The second-order valence-electron chi connectivity index (χ2n) is 10.7. The molecule has 1 saturated heterocycles. The van der Waals surface area contributed by atoms with E-state index < -0.39 is 46.3 Å². The second kappa shape index (κ2) is 12.8. The Balaban J connectivity index is 1.86. The van der Waals surface area contributed by atoms with Gasteiger partial charge in [-0.3, -0.25) is 19.3 Å². The highest BCUT2D eigenvalue weighted by Crippen LogP contribution is 2.42. The number of anilines is 1. The molecule has 9 nitrogen and oxygen atoms in total. The van der Waals surface area contributed by atoms with Gasteiger partial charge in [0.1, 0.15) is 17.3 Å². The summed E-state index contributed by atoms with van der Waals surface area (Å²) in [7, 11) is 1.15. The summed E-state index contributed by atoms with van der Waals surface area (Å²) in [6.45, 7) is 4.19. The van der Waals surface area contributed by atoms with Crippen LogP contribution in [0.5, 0.6) is 5.75 Å². The van der Waals surface area contributed by atoms with Gasteiger partial charge < -0.3 is 24.6 Å². The fourth-order valence-corrected chi connectivity index (χ4v) is 5.97. The highest BCUT2D eigenvalue weighted by molar-refractivity contribution is 6.35. The average molecular weight is 661 g/mol. The summed E-state index contributed by atoms with van der Waals surface area (Å²) in [5, 5.41) is 11.9. The first-order valence-electron chi connectivity index (χ1n) is 13.5. The molecule has 1 aliphatic rings. The number of amides is 1. The van der Waals surface area contributed by atoms with Crippen LogP contribution in [-0.4, -0.2) is 71.5 Å². The van der Waals surface area contributed by atoms with E-state index in [9.17, 15) is 32.7 Å². The number of fused-ring (bicyclic) bond motifs is 1. The fraction of sp³-hybridized carbons (Fsp3) is 0.414. The number of carbonyl (C=O) groups excluding carboxylic acids is 1. The van der Waals surface area contributed by atoms with Gasteiger partial charge in [-0.1, -0.05) is 29.3 Å². The third kappa shape index (κ3) is 6.59. The molecule has 44 heavy (non-hydrogen) atoms. The van der Waals surface area contributed by atoms with E-state index in [2.05, 4.69) is 5.32 Å². The van der Waals surface area contributed by atoms with E-state index in [4.69, 9.17) is 27.9 Å². The number of carboxylic acid groups (broad SMARTS) is 1. The molecule has 0 saturated carbocycles. The highest BCUT2D eigenvalue weighted by Gasteiger charge is 2.40. The number of methoxy groups -OCH3 is 1. The van der Waals surface area contributed by atoms with Gasteiger partial charge in [0, 0.05) is 48.0 Å². The predicted octanol–water partition coefficient (Wildman–Crippen LogP) is 5.49. The van der Waals surface area contributed by atoms with E-state index in [0.29, 0.717) is 15.2 Å². The fourth-order valence-electron chi connectivity index (χ4n) is 5.50. The lowest BCUT2D eigenvalue weighted by Crippen LogP contribution is -2.58. The molecule has 4 rings (SSSR count). The van der Waals surface area contributed by atoms with Crippen LogP contribution in [0.3, 0.4) is 0 Å². The van der Waals surface area contributed by atoms with Gasteiger partial charge in [-0.15, -0.1) is 0 Å². The van der Waals surface area contributed by atoms with Gasteiger partial charge in [0.05, 0.1) is 24.6 Å². The van der Waals surface area contributed by atoms with E-state index >= 15 is 4.39 Å². The third-order valence-electron chi connectivity index (χ3n) is 7.73. The number of rotatable bonds is 8. The van der Waals surface area contributed by atoms with Crippen molar-refractivity contribution in [3.8, 4) is 5.75 Å². The predicted molar refractivity (Wildman–Crippen MR) is 159 cm³/mol. The first-order valence-corrected chi connectivity index (χ1v) is 14.3. The van der Waals surface area contributed by atoms with Crippen LogP contribution in [0.1, 0.15) is 42.7 Å². The Morgan fingerprint density at radius 3 is 2.34 bits per heavy atom. The smallest absolute Gasteiger partial charge is 0.408 e. The molecule has 1 aromatic heterocycles. The van der Waals surface area contributed by atoms with Gasteiger partial charge in [0.2, 0.25) is 5.43 Å². The summed E-state index contributed by atoms with van der Waals surface area (Å²) in [5.41, 5.74) is -1.71. The summed E-state index contributed by atoms with van der Waals surface area (Å²) >= 11 is 12.0. The molecular weight excluding hydrogens is 631 g/mol. The number of halogens is 6. The van der Waals surface area contributed by atoms with Crippen molar-refractivity contribution in [2.24, 2.45) is 0 Å². The minimum atomic E-state index is -4.82. The largest absolute Gasteiger partial charge is 0.492 e. The number of nitrogens with zero attached hydrogens (tertiary/aromatic N) is 3. The number of pyridine rings is 1. The Bertz CT molecular complexity index is 1650. The molecule has 0 aliphatic carbocycles. The number of carboxylic acids is 1. The second-order valence-corrected chi connectivity index (χ2v) is 11.6. The Labute approximate surface area is 259 Å². The monoisotopic (exact) mass is 660 g/mol. The summed E-state index contributed by atoms with van der Waals surface area (Å²) in [6, 6.07) is 2.33. The van der Waals surface area contributed by atoms with Gasteiger partial charge in [-0.2, -0.15) is 13.2 Å². The van der Waals surface area contributed by atoms with E-state index in [0.717, 1.165) is 26.3 Å². The minimum absolute atomic E-state index is 0.128. The van der Waals surface area contributed by atoms with E-state index in [1.54, 1.807) is 29.7 Å². The van der Waals surface area contributed by atoms with Gasteiger partial charge in [-0.05, 0) is 44.5 Å². The van der Waals surface area contributed by atoms with Crippen LogP contribution >= 0.6 is 23.2 Å². The van der Waals surface area contributed by atoms with Crippen molar-refractivity contribution in [1.82, 2.24) is 14.8 Å². The maximum atomic E-state index is 15.9. The van der Waals surface area contributed by atoms with Crippen LogP contribution in [0, 0.1) is 5.82 Å². The molecule has 15 heteroatoms. The molecule has 0 unspecified atom stereocenters. The number of hydrogen-bond acceptors (Lipinski definition) is 6. The number of benzene rings is 2. The van der Waals surface area contributed by atoms with Crippen LogP contribution in [0.25, 0.3) is 10.9 Å². The van der Waals surface area contributed by atoms with Crippen molar-refractivity contribution in [3.63, 3.8) is 0 Å². The van der Waals surface area contributed by atoms with Crippen LogP contribution < -0.4 is 20.4 Å². The zero-order valence-corrected chi connectivity index (χ0v) is 25.6. The quantitative estimate of drug-likeness (QED) is 0.308. The van der Waals surface area contributed by atoms with Crippen molar-refractivity contribution in [3.05, 3.63) is 67.7 Å². The molecule has 0 bridgehead atoms. The molecule has 238 valence electrons. The number of aliphatic carboxylic acids is 1. The molecule has 0 spiro atoms. The summed E-state index contributed by atoms with van der Waals surface area (Å²) in [4.78, 5) is 41.4. The first-order chi connectivity index (χ1) is 20.5. The lowest BCUT2D eigenvalue weighted by atomic mass is 10.0. The zero-order valence-electron chi connectivity index (χ0n) is 24.1. The number of hydrogen-bond donors (Lipinski definition) is 2. The number of alkyl halides is 3. The van der Waals surface area contributed by atoms with E-state index in [1.807, 2.05) is 0 Å². The average Bonchev–Trinajstić information content (AvgIpc) is 2.93. The van der Waals surface area contributed by atoms with Gasteiger partial charge in [0.25, 0.3) is 5.91 Å². The van der Waals surface area contributed by atoms with E-state index in [1.165, 1.54) is 12.1 Å². The van der Waals surface area contributed by atoms with Crippen molar-refractivity contribution >= 4 is 51.7 Å². The molecule has 2 aromatic carbocycles. The number of carbonyl (C=O) groups is 2. The summed E-state index contributed by atoms with van der Waals surface area (Å²) < 4.78 is 64.6. The van der Waals surface area contributed by atoms with Crippen molar-refractivity contribution in [2.45, 2.75) is 51.6 Å². The standard InChI is InChI=1S/C29H30Cl2F4N4O5/c1-14-10-37(11-15(2)38(14)13-23(40)41)25-22(32)8-19-24(27(25)44-4)39(16(3)29(33,34)35)12-20(26(19)42)28(43)36-9-17-5-6-18(30)7-21(17)31/h5-8,12,14-16H,9-11,13H2,1-4H3,(H,36,43)(H,40,41)/t14-,15+,16-/m0/s1. The Kier molecular flexibility index (Phi) is 9.72. The Morgan fingerprint density at radius 1 is 1.16 bits per heavy atom. The third-order valence-corrected chi connectivity index (χ3v) is 8.31. The molecule has 1 aliphatic heterocycles. The van der Waals surface area contributed by atoms with Gasteiger partial charge >= 0.3 is 12.1 Å². The minimum Gasteiger partial charge on any atom is -0.492 e. The number of piperazine rings is 1. The van der Waals surface area contributed by atoms with Crippen molar-refractivity contribution in [1.29, 1.82) is 0 Å². The molecule has 2 heterocycles. The molecule has 2 N–H and O–H groups in total. The van der Waals surface area contributed by atoms with E-state index in [-0.39, 0.29) is 60.2 Å². The van der Waals surface area contributed by atoms with Crippen LogP contribution in [0.15, 0.2) is 35.3 Å². The van der Waals surface area contributed by atoms with Gasteiger partial charge in [0.15, 0.2) is 11.6 Å². The SMILES string of the molecule is COc1c(N2C[C@@H](C)N(CC(=O)O)[C@@H](C)C2)c(F)cc2c(=O)c(C(=O)NCc3ccc(Cl)cc3Cl)cn([C@@H](C)C(F)(F)F)c12. The number of nitrogens with one attached hydrogen (secondary N) is 1. The maximum absolute atomic E-state index is 15.9. The Hall–Kier alpha value is -3.55. The molecule has 3 aromatic rings. The lowest BCUT2D eigenvalue weighted by Gasteiger charge is -2.45. The topological polar surface area (TPSA) is 104 Å². The molecular formula is C29H30Cl2F4N4O5. The molecule has 0 radical (unpaired) electrons. The van der Waals surface area contributed by atoms with Crippen LogP contribution in [0.4, 0.5) is 23.2 Å². The summed E-state index contributed by atoms with van der Waals surface area (Å²) in [6.07, 6.45) is -4.03. The molecule has 3 atom stereocenters. The maximum Gasteiger partial charge on any atom is 0.408 e. The summed E-state index contributed by atoms with van der Waals surface area (Å²) in [5.74, 6) is -3.30. The van der Waals surface area contributed by atoms with Crippen molar-refractivity contribution in [2.75, 3.05) is 31.6 Å². The van der Waals surface area contributed by atoms with Crippen LogP contribution in [0.2, 0.25) is 10.0 Å². The van der Waals surface area contributed by atoms with Gasteiger partial charge in [-0.25, -0.2) is 4.39 Å². The molecule has 1 fully saturated rings. The lowest BCUT2D eigenvalue weighted by molar-refractivity contribution is -0.162. The first kappa shape index (κ1) is 33.3. The normalized spacial score (nSPS) is 18.4. The zero-order chi connectivity index (χ0) is 32.7. The molecule has 1 amide bonds. The number of aromatic nitrogens is 1. The van der Waals surface area contributed by atoms with Crippen molar-refractivity contribution < 1.29 is 37.0 Å². The van der Waals surface area contributed by atoms with Crippen LogP contribution in [-0.2, 0) is 11.3 Å². The highest BCUT2D eigenvalue weighted by atomic mass is 35.5. The number of ether oxygens (including phenoxy) is 1.